The number of halogens is 1. The minimum Gasteiger partial charge on any atom is -0.394 e. The molecule has 0 fully saturated rings. The van der Waals surface area contributed by atoms with E-state index < -0.39 is 0 Å². The zero-order chi connectivity index (χ0) is 28.4. The first-order valence-corrected chi connectivity index (χ1v) is 13.9. The van der Waals surface area contributed by atoms with Crippen molar-refractivity contribution in [1.29, 1.82) is 0 Å². The van der Waals surface area contributed by atoms with Crippen LogP contribution in [0.2, 0.25) is 0 Å². The zero-order valence-corrected chi connectivity index (χ0v) is 23.7. The molecule has 1 N–H and O–H groups in total. The molecule has 6 nitrogen and oxygen atoms in total. The van der Waals surface area contributed by atoms with Crippen molar-refractivity contribution in [2.45, 2.75) is 39.1 Å². The quantitative estimate of drug-likeness (QED) is 0.350. The number of hydrogen-bond acceptors (Lipinski definition) is 4. The molecular formula is C33H38FN3O3. The Labute approximate surface area is 235 Å². The number of fused-ring (bicyclic) bond motifs is 5. The van der Waals surface area contributed by atoms with Crippen LogP contribution in [0.5, 0.6) is 0 Å². The molecule has 1 aliphatic heterocycles. The first-order chi connectivity index (χ1) is 19.3. The summed E-state index contributed by atoms with van der Waals surface area (Å²) in [7, 11) is 3.97. The fourth-order valence-electron chi connectivity index (χ4n) is 5.80. The van der Waals surface area contributed by atoms with Crippen molar-refractivity contribution >= 4 is 16.8 Å². The monoisotopic (exact) mass is 543 g/mol. The van der Waals surface area contributed by atoms with Gasteiger partial charge in [-0.2, -0.15) is 0 Å². The third-order valence-electron chi connectivity index (χ3n) is 8.08. The molecule has 2 heterocycles. The van der Waals surface area contributed by atoms with Crippen LogP contribution in [-0.2, 0) is 24.9 Å². The van der Waals surface area contributed by atoms with Crippen LogP contribution in [0.3, 0.4) is 0 Å². The number of nitrogens with zero attached hydrogens (tertiary/aromatic N) is 3. The SMILES string of the molecule is C[C@@H]1CN([C@H](C)CO)C(=O)c2c(c3ccccc3n2C)-c2ccccc2CO[C@H]1CN(C)Cc1ccc(F)cc1. The summed E-state index contributed by atoms with van der Waals surface area (Å²) in [6.07, 6.45) is -0.183. The molecule has 0 aliphatic carbocycles. The van der Waals surface area contributed by atoms with E-state index in [4.69, 9.17) is 4.74 Å². The number of carbonyl (C=O) groups excluding carboxylic acids is 1. The molecule has 7 heteroatoms. The van der Waals surface area contributed by atoms with Gasteiger partial charge in [0, 0.05) is 49.1 Å². The topological polar surface area (TPSA) is 57.9 Å². The summed E-state index contributed by atoms with van der Waals surface area (Å²) in [6.45, 7) is 5.98. The van der Waals surface area contributed by atoms with Crippen LogP contribution in [0.1, 0.15) is 35.5 Å². The minimum absolute atomic E-state index is 0.0167. The van der Waals surface area contributed by atoms with E-state index in [2.05, 4.69) is 30.0 Å². The molecule has 0 unspecified atom stereocenters. The van der Waals surface area contributed by atoms with Crippen molar-refractivity contribution < 1.29 is 19.0 Å². The van der Waals surface area contributed by atoms with E-state index in [1.165, 1.54) is 12.1 Å². The molecule has 210 valence electrons. The first kappa shape index (κ1) is 28.0. The predicted octanol–water partition coefficient (Wildman–Crippen LogP) is 5.47. The van der Waals surface area contributed by atoms with E-state index in [0.29, 0.717) is 31.9 Å². The number of carbonyl (C=O) groups is 1. The Morgan fingerprint density at radius 1 is 1.07 bits per heavy atom. The number of rotatable bonds is 6. The lowest BCUT2D eigenvalue weighted by Crippen LogP contribution is -2.47. The van der Waals surface area contributed by atoms with Crippen LogP contribution in [0.15, 0.2) is 72.8 Å². The second-order valence-corrected chi connectivity index (χ2v) is 11.1. The zero-order valence-electron chi connectivity index (χ0n) is 23.7. The van der Waals surface area contributed by atoms with Gasteiger partial charge in [0.15, 0.2) is 0 Å². The highest BCUT2D eigenvalue weighted by atomic mass is 19.1. The Balaban J connectivity index is 1.56. The van der Waals surface area contributed by atoms with E-state index in [1.54, 1.807) is 17.0 Å². The standard InChI is InChI=1S/C33H38FN3O3/c1-22-17-37(23(2)20-38)33(39)32-31(28-11-7-8-12-29(28)36(32)4)27-10-6-5-9-25(27)21-40-30(22)19-35(3)18-24-13-15-26(34)16-14-24/h5-16,22-23,30,38H,17-21H2,1-4H3/t22-,23-,30+/m1/s1. The predicted molar refractivity (Wildman–Crippen MR) is 156 cm³/mol. The second kappa shape index (κ2) is 11.9. The Bertz CT molecular complexity index is 1480. The first-order valence-electron chi connectivity index (χ1n) is 13.9. The number of aromatic nitrogens is 1. The van der Waals surface area contributed by atoms with E-state index in [9.17, 15) is 14.3 Å². The van der Waals surface area contributed by atoms with Gasteiger partial charge in [0.1, 0.15) is 11.5 Å². The normalized spacial score (nSPS) is 18.9. The number of likely N-dealkylation sites (N-methyl/N-ethyl adjacent to an activating group) is 1. The van der Waals surface area contributed by atoms with Gasteiger partial charge in [0.2, 0.25) is 0 Å². The van der Waals surface area contributed by atoms with Crippen molar-refractivity contribution in [1.82, 2.24) is 14.4 Å². The molecule has 1 amide bonds. The van der Waals surface area contributed by atoms with Gasteiger partial charge in [-0.1, -0.05) is 61.5 Å². The largest absolute Gasteiger partial charge is 0.394 e. The average Bonchev–Trinajstić information content (AvgIpc) is 3.25. The number of benzene rings is 3. The lowest BCUT2D eigenvalue weighted by atomic mass is 9.96. The van der Waals surface area contributed by atoms with Gasteiger partial charge in [-0.05, 0) is 48.9 Å². The maximum atomic E-state index is 14.4. The van der Waals surface area contributed by atoms with Gasteiger partial charge in [0.25, 0.3) is 5.91 Å². The highest BCUT2D eigenvalue weighted by Gasteiger charge is 2.33. The molecule has 3 aromatic carbocycles. The number of aliphatic hydroxyl groups is 1. The third-order valence-corrected chi connectivity index (χ3v) is 8.08. The van der Waals surface area contributed by atoms with Crippen LogP contribution in [0.4, 0.5) is 4.39 Å². The molecule has 0 saturated heterocycles. The second-order valence-electron chi connectivity index (χ2n) is 11.1. The van der Waals surface area contributed by atoms with Crippen molar-refractivity contribution in [3.05, 3.63) is 95.4 Å². The molecule has 40 heavy (non-hydrogen) atoms. The maximum Gasteiger partial charge on any atom is 0.271 e. The minimum atomic E-state index is -0.366. The number of hydrogen-bond donors (Lipinski definition) is 1. The summed E-state index contributed by atoms with van der Waals surface area (Å²) >= 11 is 0. The third kappa shape index (κ3) is 5.55. The van der Waals surface area contributed by atoms with Crippen molar-refractivity contribution in [3.8, 4) is 11.1 Å². The molecule has 0 saturated carbocycles. The Morgan fingerprint density at radius 2 is 1.77 bits per heavy atom. The van der Waals surface area contributed by atoms with E-state index in [1.807, 2.05) is 55.9 Å². The van der Waals surface area contributed by atoms with Crippen LogP contribution >= 0.6 is 0 Å². The molecule has 0 radical (unpaired) electrons. The highest BCUT2D eigenvalue weighted by Crippen LogP contribution is 2.38. The number of para-hydroxylation sites is 1. The van der Waals surface area contributed by atoms with Gasteiger partial charge in [-0.25, -0.2) is 4.39 Å². The number of amides is 1. The van der Waals surface area contributed by atoms with Gasteiger partial charge < -0.3 is 19.3 Å². The fourth-order valence-corrected chi connectivity index (χ4v) is 5.80. The van der Waals surface area contributed by atoms with E-state index in [0.717, 1.165) is 33.2 Å². The summed E-state index contributed by atoms with van der Waals surface area (Å²) in [6, 6.07) is 22.4. The molecule has 5 rings (SSSR count). The van der Waals surface area contributed by atoms with Crippen LogP contribution < -0.4 is 0 Å². The summed E-state index contributed by atoms with van der Waals surface area (Å²) in [5.74, 6) is -0.365. The molecule has 3 atom stereocenters. The summed E-state index contributed by atoms with van der Waals surface area (Å²) in [5.41, 5.74) is 5.53. The average molecular weight is 544 g/mol. The molecule has 1 aromatic heterocycles. The van der Waals surface area contributed by atoms with Gasteiger partial charge in [0.05, 0.1) is 25.4 Å². The molecule has 0 bridgehead atoms. The summed E-state index contributed by atoms with van der Waals surface area (Å²) < 4.78 is 22.1. The Hall–Kier alpha value is -3.52. The fraction of sp³-hybridized carbons (Fsp3) is 0.364. The molecule has 4 aromatic rings. The Morgan fingerprint density at radius 3 is 2.52 bits per heavy atom. The number of aryl methyl sites for hydroxylation is 1. The van der Waals surface area contributed by atoms with Crippen LogP contribution in [-0.4, -0.2) is 64.3 Å². The van der Waals surface area contributed by atoms with E-state index >= 15 is 0 Å². The smallest absolute Gasteiger partial charge is 0.271 e. The maximum absolute atomic E-state index is 14.4. The van der Waals surface area contributed by atoms with Crippen molar-refractivity contribution in [2.24, 2.45) is 13.0 Å². The highest BCUT2D eigenvalue weighted by molar-refractivity contribution is 6.10. The van der Waals surface area contributed by atoms with Crippen LogP contribution in [0, 0.1) is 11.7 Å². The lowest BCUT2D eigenvalue weighted by Gasteiger charge is -2.35. The number of aliphatic hydroxyl groups excluding tert-OH is 1. The van der Waals surface area contributed by atoms with Gasteiger partial charge >= 0.3 is 0 Å². The molecular weight excluding hydrogens is 505 g/mol. The van der Waals surface area contributed by atoms with Crippen molar-refractivity contribution in [2.75, 3.05) is 26.7 Å². The summed E-state index contributed by atoms with van der Waals surface area (Å²) in [5, 5.41) is 11.2. The number of ether oxygens (including phenoxy) is 1. The Kier molecular flexibility index (Phi) is 8.35. The molecule has 1 aliphatic rings. The van der Waals surface area contributed by atoms with Gasteiger partial charge in [-0.3, -0.25) is 9.69 Å². The van der Waals surface area contributed by atoms with Crippen LogP contribution in [0.25, 0.3) is 22.0 Å². The van der Waals surface area contributed by atoms with Gasteiger partial charge in [-0.15, -0.1) is 0 Å². The molecule has 0 spiro atoms. The lowest BCUT2D eigenvalue weighted by molar-refractivity contribution is -0.0242. The van der Waals surface area contributed by atoms with E-state index in [-0.39, 0.29) is 36.4 Å². The van der Waals surface area contributed by atoms with Crippen molar-refractivity contribution in [3.63, 3.8) is 0 Å². The summed E-state index contributed by atoms with van der Waals surface area (Å²) in [4.78, 5) is 18.4.